The minimum Gasteiger partial charge on any atom is -0.455 e. The number of hydrogen-bond acceptors (Lipinski definition) is 3. The summed E-state index contributed by atoms with van der Waals surface area (Å²) < 4.78 is 24.1. The molecule has 0 unspecified atom stereocenters. The molecule has 102 valence electrons. The maximum atomic E-state index is 12.7. The lowest BCUT2D eigenvalue weighted by Crippen LogP contribution is -2.41. The average Bonchev–Trinajstić information content (AvgIpc) is 2.50. The molecule has 1 saturated heterocycles. The third kappa shape index (κ3) is 2.95. The molecule has 3 nitrogen and oxygen atoms in total. The first-order valence-corrected chi connectivity index (χ1v) is 6.18. The Bertz CT molecular complexity index is 497. The highest BCUT2D eigenvalue weighted by molar-refractivity contribution is 5.74. The molecule has 0 saturated carbocycles. The van der Waals surface area contributed by atoms with E-state index in [1.54, 1.807) is 24.4 Å². The monoisotopic (exact) mass is 263 g/mol. The van der Waals surface area contributed by atoms with Gasteiger partial charge in [-0.3, -0.25) is 4.99 Å². The van der Waals surface area contributed by atoms with Crippen molar-refractivity contribution in [2.45, 2.75) is 38.9 Å². The van der Waals surface area contributed by atoms with Gasteiger partial charge in [0.05, 0.1) is 5.69 Å². The number of nitrogens with zero attached hydrogens (tertiary/aromatic N) is 1. The second-order valence-electron chi connectivity index (χ2n) is 5.47. The summed E-state index contributed by atoms with van der Waals surface area (Å²) in [4.78, 5) is 4.18. The molecule has 0 aromatic heterocycles. The standard InChI is InChI=1S/C15H18FNO2/c1-14(2)15(3,4)19-13(18-14)9-10-17-12-7-5-11(16)6-8-12/h5-10H,1-4H3. The molecule has 1 heterocycles. The Morgan fingerprint density at radius 2 is 1.53 bits per heavy atom. The van der Waals surface area contributed by atoms with Crippen LogP contribution in [0.5, 0.6) is 0 Å². The maximum absolute atomic E-state index is 12.7. The van der Waals surface area contributed by atoms with Crippen LogP contribution in [0.15, 0.2) is 41.3 Å². The second kappa shape index (κ2) is 4.68. The fourth-order valence-electron chi connectivity index (χ4n) is 1.55. The van der Waals surface area contributed by atoms with Crippen molar-refractivity contribution in [3.05, 3.63) is 42.1 Å². The van der Waals surface area contributed by atoms with Gasteiger partial charge in [-0.15, -0.1) is 0 Å². The number of hydrogen-bond donors (Lipinski definition) is 0. The van der Waals surface area contributed by atoms with Gasteiger partial charge in [-0.2, -0.15) is 0 Å². The third-order valence-corrected chi connectivity index (χ3v) is 3.42. The van der Waals surface area contributed by atoms with E-state index in [2.05, 4.69) is 4.99 Å². The second-order valence-corrected chi connectivity index (χ2v) is 5.47. The SMILES string of the molecule is CC1(C)OC(=CC=Nc2ccc(F)cc2)OC1(C)C. The number of benzene rings is 1. The van der Waals surface area contributed by atoms with E-state index in [1.165, 1.54) is 12.1 Å². The summed E-state index contributed by atoms with van der Waals surface area (Å²) in [6.45, 7) is 7.91. The molecule has 1 fully saturated rings. The first-order chi connectivity index (χ1) is 8.80. The first kappa shape index (κ1) is 13.6. The molecular formula is C15H18FNO2. The number of allylic oxidation sites excluding steroid dienone is 1. The van der Waals surface area contributed by atoms with Crippen molar-refractivity contribution in [1.29, 1.82) is 0 Å². The lowest BCUT2D eigenvalue weighted by molar-refractivity contribution is 0.00578. The van der Waals surface area contributed by atoms with Gasteiger partial charge in [0.15, 0.2) is 0 Å². The summed E-state index contributed by atoms with van der Waals surface area (Å²) in [7, 11) is 0. The Labute approximate surface area is 112 Å². The van der Waals surface area contributed by atoms with E-state index in [-0.39, 0.29) is 17.0 Å². The molecule has 0 aliphatic carbocycles. The van der Waals surface area contributed by atoms with Gasteiger partial charge in [-0.1, -0.05) is 0 Å². The van der Waals surface area contributed by atoms with E-state index in [1.807, 2.05) is 27.7 Å². The Morgan fingerprint density at radius 3 is 2.05 bits per heavy atom. The van der Waals surface area contributed by atoms with Gasteiger partial charge in [-0.05, 0) is 52.0 Å². The maximum Gasteiger partial charge on any atom is 0.282 e. The Kier molecular flexibility index (Phi) is 3.35. The highest BCUT2D eigenvalue weighted by Crippen LogP contribution is 2.39. The van der Waals surface area contributed by atoms with Crippen molar-refractivity contribution in [1.82, 2.24) is 0 Å². The summed E-state index contributed by atoms with van der Waals surface area (Å²) in [6.07, 6.45) is 3.25. The summed E-state index contributed by atoms with van der Waals surface area (Å²) in [5, 5.41) is 0. The molecule has 0 spiro atoms. The molecule has 1 aromatic rings. The zero-order valence-corrected chi connectivity index (χ0v) is 11.6. The topological polar surface area (TPSA) is 30.8 Å². The number of rotatable bonds is 2. The van der Waals surface area contributed by atoms with Gasteiger partial charge in [0, 0.05) is 12.3 Å². The van der Waals surface area contributed by atoms with Crippen LogP contribution in [0.2, 0.25) is 0 Å². The van der Waals surface area contributed by atoms with Crippen molar-refractivity contribution in [3.63, 3.8) is 0 Å². The molecule has 19 heavy (non-hydrogen) atoms. The smallest absolute Gasteiger partial charge is 0.282 e. The predicted molar refractivity (Wildman–Crippen MR) is 73.0 cm³/mol. The molecule has 0 radical (unpaired) electrons. The summed E-state index contributed by atoms with van der Waals surface area (Å²) in [6, 6.07) is 5.95. The Morgan fingerprint density at radius 1 is 1.00 bits per heavy atom. The largest absolute Gasteiger partial charge is 0.455 e. The lowest BCUT2D eigenvalue weighted by atomic mass is 9.90. The Balaban J connectivity index is 2.06. The normalized spacial score (nSPS) is 20.2. The van der Waals surface area contributed by atoms with Crippen molar-refractivity contribution in [2.24, 2.45) is 4.99 Å². The van der Waals surface area contributed by atoms with Crippen LogP contribution in [0, 0.1) is 5.82 Å². The van der Waals surface area contributed by atoms with Gasteiger partial charge in [0.25, 0.3) is 5.95 Å². The van der Waals surface area contributed by atoms with E-state index < -0.39 is 0 Å². The molecule has 2 rings (SSSR count). The lowest BCUT2D eigenvalue weighted by Gasteiger charge is -2.28. The summed E-state index contributed by atoms with van der Waals surface area (Å²) in [5.74, 6) is 0.170. The zero-order chi connectivity index (χ0) is 14.1. The first-order valence-electron chi connectivity index (χ1n) is 6.18. The van der Waals surface area contributed by atoms with Crippen LogP contribution in [0.1, 0.15) is 27.7 Å². The van der Waals surface area contributed by atoms with Gasteiger partial charge < -0.3 is 9.47 Å². The zero-order valence-electron chi connectivity index (χ0n) is 11.6. The van der Waals surface area contributed by atoms with E-state index in [9.17, 15) is 4.39 Å². The molecule has 1 aromatic carbocycles. The van der Waals surface area contributed by atoms with Crippen LogP contribution >= 0.6 is 0 Å². The van der Waals surface area contributed by atoms with Gasteiger partial charge >= 0.3 is 0 Å². The van der Waals surface area contributed by atoms with Crippen LogP contribution in [0.3, 0.4) is 0 Å². The number of aliphatic imine (C=N–C) groups is 1. The predicted octanol–water partition coefficient (Wildman–Crippen LogP) is 3.97. The van der Waals surface area contributed by atoms with E-state index in [0.29, 0.717) is 11.6 Å². The van der Waals surface area contributed by atoms with E-state index in [0.717, 1.165) is 0 Å². The fraction of sp³-hybridized carbons (Fsp3) is 0.400. The highest BCUT2D eigenvalue weighted by atomic mass is 19.1. The number of ether oxygens (including phenoxy) is 2. The summed E-state index contributed by atoms with van der Waals surface area (Å²) >= 11 is 0. The van der Waals surface area contributed by atoms with Crippen molar-refractivity contribution >= 4 is 11.9 Å². The van der Waals surface area contributed by atoms with Crippen molar-refractivity contribution < 1.29 is 13.9 Å². The highest BCUT2D eigenvalue weighted by Gasteiger charge is 2.48. The van der Waals surface area contributed by atoms with Crippen LogP contribution in [-0.2, 0) is 9.47 Å². The van der Waals surface area contributed by atoms with Crippen LogP contribution < -0.4 is 0 Å². The molecule has 0 bridgehead atoms. The minimum absolute atomic E-state index is 0.275. The minimum atomic E-state index is -0.386. The average molecular weight is 263 g/mol. The molecular weight excluding hydrogens is 245 g/mol. The van der Waals surface area contributed by atoms with Crippen LogP contribution in [0.4, 0.5) is 10.1 Å². The fourth-order valence-corrected chi connectivity index (χ4v) is 1.55. The molecule has 1 aliphatic heterocycles. The quantitative estimate of drug-likeness (QED) is 0.756. The van der Waals surface area contributed by atoms with Gasteiger partial charge in [0.2, 0.25) is 0 Å². The van der Waals surface area contributed by atoms with Crippen LogP contribution in [0.25, 0.3) is 0 Å². The molecule has 0 amide bonds. The van der Waals surface area contributed by atoms with E-state index in [4.69, 9.17) is 9.47 Å². The van der Waals surface area contributed by atoms with Gasteiger partial charge in [0.1, 0.15) is 17.0 Å². The molecule has 1 aliphatic rings. The molecule has 0 N–H and O–H groups in total. The van der Waals surface area contributed by atoms with Crippen molar-refractivity contribution in [2.75, 3.05) is 0 Å². The molecule has 0 atom stereocenters. The number of halogens is 1. The van der Waals surface area contributed by atoms with Crippen molar-refractivity contribution in [3.8, 4) is 0 Å². The van der Waals surface area contributed by atoms with E-state index >= 15 is 0 Å². The molecule has 4 heteroatoms. The third-order valence-electron chi connectivity index (χ3n) is 3.42. The summed E-state index contributed by atoms with van der Waals surface area (Å²) in [5.41, 5.74) is -0.0970. The van der Waals surface area contributed by atoms with Crippen LogP contribution in [-0.4, -0.2) is 17.4 Å². The van der Waals surface area contributed by atoms with Gasteiger partial charge in [-0.25, -0.2) is 4.39 Å². The Hall–Kier alpha value is -1.84.